The molecule has 2 aromatic rings. The van der Waals surface area contributed by atoms with Gasteiger partial charge >= 0.3 is 0 Å². The molecule has 2 aromatic carbocycles. The molecule has 3 nitrogen and oxygen atoms in total. The molecule has 0 bridgehead atoms. The number of anilines is 1. The van der Waals surface area contributed by atoms with Crippen LogP contribution in [0.4, 0.5) is 5.69 Å². The Morgan fingerprint density at radius 3 is 2.30 bits per heavy atom. The van der Waals surface area contributed by atoms with Crippen LogP contribution in [0.2, 0.25) is 0 Å². The van der Waals surface area contributed by atoms with E-state index in [0.29, 0.717) is 11.3 Å². The standard InChI is InChI=1S/C17H17NO2/c1-12(2)13-8-4-6-10-15(13)18-17(19)14-9-5-7-11-16(14)20-3/h4-11H,1H2,2-3H3,(H,18,19). The quantitative estimate of drug-likeness (QED) is 0.910. The highest BCUT2D eigenvalue weighted by Gasteiger charge is 2.13. The average molecular weight is 267 g/mol. The van der Waals surface area contributed by atoms with Gasteiger partial charge in [0, 0.05) is 11.3 Å². The molecule has 0 heterocycles. The van der Waals surface area contributed by atoms with E-state index in [4.69, 9.17) is 4.74 Å². The van der Waals surface area contributed by atoms with Gasteiger partial charge in [0.2, 0.25) is 0 Å². The van der Waals surface area contributed by atoms with Gasteiger partial charge in [-0.05, 0) is 30.7 Å². The van der Waals surface area contributed by atoms with E-state index in [2.05, 4.69) is 11.9 Å². The van der Waals surface area contributed by atoms with Gasteiger partial charge in [0.25, 0.3) is 5.91 Å². The molecule has 0 saturated heterocycles. The van der Waals surface area contributed by atoms with E-state index in [9.17, 15) is 4.79 Å². The number of carbonyl (C=O) groups excluding carboxylic acids is 1. The third-order valence-corrected chi connectivity index (χ3v) is 2.99. The minimum atomic E-state index is -0.198. The van der Waals surface area contributed by atoms with E-state index in [1.54, 1.807) is 19.2 Å². The van der Waals surface area contributed by atoms with Crippen LogP contribution in [0.1, 0.15) is 22.8 Å². The minimum Gasteiger partial charge on any atom is -0.496 e. The van der Waals surface area contributed by atoms with Crippen molar-refractivity contribution in [2.75, 3.05) is 12.4 Å². The number of methoxy groups -OCH3 is 1. The van der Waals surface area contributed by atoms with E-state index in [1.165, 1.54) is 0 Å². The number of nitrogens with one attached hydrogen (secondary N) is 1. The zero-order valence-electron chi connectivity index (χ0n) is 11.6. The fourth-order valence-electron chi connectivity index (χ4n) is 1.99. The minimum absolute atomic E-state index is 0.198. The summed E-state index contributed by atoms with van der Waals surface area (Å²) in [6.45, 7) is 5.83. The Morgan fingerprint density at radius 2 is 1.65 bits per heavy atom. The molecule has 0 atom stereocenters. The molecular formula is C17H17NO2. The van der Waals surface area contributed by atoms with E-state index in [-0.39, 0.29) is 5.91 Å². The first-order chi connectivity index (χ1) is 9.63. The van der Waals surface area contributed by atoms with Gasteiger partial charge in [0.1, 0.15) is 5.75 Å². The van der Waals surface area contributed by atoms with E-state index in [0.717, 1.165) is 16.8 Å². The average Bonchev–Trinajstić information content (AvgIpc) is 2.47. The van der Waals surface area contributed by atoms with Gasteiger partial charge in [-0.15, -0.1) is 0 Å². The Labute approximate surface area is 118 Å². The van der Waals surface area contributed by atoms with Crippen LogP contribution in [-0.4, -0.2) is 13.0 Å². The molecule has 0 saturated carbocycles. The Balaban J connectivity index is 2.31. The molecular weight excluding hydrogens is 250 g/mol. The summed E-state index contributed by atoms with van der Waals surface area (Å²) in [7, 11) is 1.55. The van der Waals surface area contributed by atoms with Crippen molar-refractivity contribution in [2.45, 2.75) is 6.92 Å². The predicted octanol–water partition coefficient (Wildman–Crippen LogP) is 3.98. The van der Waals surface area contributed by atoms with Crippen LogP contribution in [0.25, 0.3) is 5.57 Å². The number of amides is 1. The molecule has 1 N–H and O–H groups in total. The maximum atomic E-state index is 12.3. The zero-order valence-corrected chi connectivity index (χ0v) is 11.6. The molecule has 0 fully saturated rings. The van der Waals surface area contributed by atoms with Crippen LogP contribution in [0.15, 0.2) is 55.1 Å². The van der Waals surface area contributed by atoms with Crippen molar-refractivity contribution >= 4 is 17.2 Å². The van der Waals surface area contributed by atoms with Gasteiger partial charge in [-0.1, -0.05) is 36.9 Å². The highest BCUT2D eigenvalue weighted by Crippen LogP contribution is 2.24. The Bertz CT molecular complexity index is 647. The highest BCUT2D eigenvalue weighted by molar-refractivity contribution is 6.07. The first-order valence-electron chi connectivity index (χ1n) is 6.32. The van der Waals surface area contributed by atoms with Crippen molar-refractivity contribution in [3.05, 3.63) is 66.2 Å². The van der Waals surface area contributed by atoms with Crippen LogP contribution in [0.3, 0.4) is 0 Å². The summed E-state index contributed by atoms with van der Waals surface area (Å²) in [5, 5.41) is 2.90. The van der Waals surface area contributed by atoms with Gasteiger partial charge in [0.15, 0.2) is 0 Å². The topological polar surface area (TPSA) is 38.3 Å². The molecule has 3 heteroatoms. The van der Waals surface area contributed by atoms with Crippen molar-refractivity contribution in [1.82, 2.24) is 0 Å². The fraction of sp³-hybridized carbons (Fsp3) is 0.118. The lowest BCUT2D eigenvalue weighted by molar-refractivity contribution is 0.102. The lowest BCUT2D eigenvalue weighted by Crippen LogP contribution is -2.14. The van der Waals surface area contributed by atoms with Crippen molar-refractivity contribution in [1.29, 1.82) is 0 Å². The van der Waals surface area contributed by atoms with Crippen LogP contribution in [0.5, 0.6) is 5.75 Å². The summed E-state index contributed by atoms with van der Waals surface area (Å²) in [5.74, 6) is 0.356. The summed E-state index contributed by atoms with van der Waals surface area (Å²) in [5.41, 5.74) is 3.08. The maximum Gasteiger partial charge on any atom is 0.259 e. The first kappa shape index (κ1) is 13.9. The zero-order chi connectivity index (χ0) is 14.5. The lowest BCUT2D eigenvalue weighted by atomic mass is 10.1. The molecule has 0 aliphatic rings. The SMILES string of the molecule is C=C(C)c1ccccc1NC(=O)c1ccccc1OC. The van der Waals surface area contributed by atoms with Crippen molar-refractivity contribution in [3.8, 4) is 5.75 Å². The van der Waals surface area contributed by atoms with Crippen molar-refractivity contribution in [3.63, 3.8) is 0 Å². The third kappa shape index (κ3) is 2.88. The Morgan fingerprint density at radius 1 is 1.05 bits per heavy atom. The van der Waals surface area contributed by atoms with Gasteiger partial charge in [-0.3, -0.25) is 4.79 Å². The van der Waals surface area contributed by atoms with E-state index >= 15 is 0 Å². The molecule has 0 aromatic heterocycles. The number of hydrogen-bond acceptors (Lipinski definition) is 2. The molecule has 2 rings (SSSR count). The van der Waals surface area contributed by atoms with Crippen LogP contribution < -0.4 is 10.1 Å². The molecule has 0 radical (unpaired) electrons. The lowest BCUT2D eigenvalue weighted by Gasteiger charge is -2.12. The maximum absolute atomic E-state index is 12.3. The molecule has 0 unspecified atom stereocenters. The van der Waals surface area contributed by atoms with Crippen molar-refractivity contribution < 1.29 is 9.53 Å². The molecule has 1 amide bonds. The highest BCUT2D eigenvalue weighted by atomic mass is 16.5. The summed E-state index contributed by atoms with van der Waals surface area (Å²) >= 11 is 0. The smallest absolute Gasteiger partial charge is 0.259 e. The molecule has 102 valence electrons. The summed E-state index contributed by atoms with van der Waals surface area (Å²) in [4.78, 5) is 12.3. The Kier molecular flexibility index (Phi) is 4.20. The van der Waals surface area contributed by atoms with Gasteiger partial charge in [0.05, 0.1) is 12.7 Å². The van der Waals surface area contributed by atoms with Crippen molar-refractivity contribution in [2.24, 2.45) is 0 Å². The number of ether oxygens (including phenoxy) is 1. The largest absolute Gasteiger partial charge is 0.496 e. The predicted molar refractivity (Wildman–Crippen MR) is 82.1 cm³/mol. The third-order valence-electron chi connectivity index (χ3n) is 2.99. The second-order valence-corrected chi connectivity index (χ2v) is 4.48. The van der Waals surface area contributed by atoms with Crippen LogP contribution in [-0.2, 0) is 0 Å². The second kappa shape index (κ2) is 6.06. The number of benzene rings is 2. The number of hydrogen-bond donors (Lipinski definition) is 1. The monoisotopic (exact) mass is 267 g/mol. The number of carbonyl (C=O) groups is 1. The van der Waals surface area contributed by atoms with Crippen LogP contribution in [0, 0.1) is 0 Å². The van der Waals surface area contributed by atoms with E-state index in [1.807, 2.05) is 43.3 Å². The van der Waals surface area contributed by atoms with Gasteiger partial charge in [-0.25, -0.2) is 0 Å². The normalized spacial score (nSPS) is 9.90. The number of allylic oxidation sites excluding steroid dienone is 1. The summed E-state index contributed by atoms with van der Waals surface area (Å²) in [6, 6.07) is 14.7. The summed E-state index contributed by atoms with van der Waals surface area (Å²) in [6.07, 6.45) is 0. The molecule has 20 heavy (non-hydrogen) atoms. The molecule has 0 spiro atoms. The van der Waals surface area contributed by atoms with Gasteiger partial charge < -0.3 is 10.1 Å². The van der Waals surface area contributed by atoms with Crippen LogP contribution >= 0.6 is 0 Å². The first-order valence-corrected chi connectivity index (χ1v) is 6.32. The Hall–Kier alpha value is -2.55. The second-order valence-electron chi connectivity index (χ2n) is 4.48. The molecule has 0 aliphatic carbocycles. The molecule has 0 aliphatic heterocycles. The van der Waals surface area contributed by atoms with E-state index < -0.39 is 0 Å². The number of rotatable bonds is 4. The fourth-order valence-corrected chi connectivity index (χ4v) is 1.99. The number of para-hydroxylation sites is 2. The summed E-state index contributed by atoms with van der Waals surface area (Å²) < 4.78 is 5.20. The van der Waals surface area contributed by atoms with Gasteiger partial charge in [-0.2, -0.15) is 0 Å².